The van der Waals surface area contributed by atoms with Crippen molar-refractivity contribution in [2.45, 2.75) is 78.1 Å². The highest BCUT2D eigenvalue weighted by Crippen LogP contribution is 2.08. The highest BCUT2D eigenvalue weighted by molar-refractivity contribution is 5.78. The maximum Gasteiger partial charge on any atom is 0.222 e. The SMILES string of the molecule is CCCCCCCCCCNC(=O)C(C)CCCN. The number of hydrogen-bond donors (Lipinski definition) is 2. The van der Waals surface area contributed by atoms with Gasteiger partial charge in [-0.15, -0.1) is 0 Å². The normalized spacial score (nSPS) is 12.4. The van der Waals surface area contributed by atoms with E-state index >= 15 is 0 Å². The van der Waals surface area contributed by atoms with E-state index in [1.807, 2.05) is 6.92 Å². The van der Waals surface area contributed by atoms with Crippen LogP contribution in [0.15, 0.2) is 0 Å². The Balaban J connectivity index is 3.27. The maximum absolute atomic E-state index is 11.7. The number of carbonyl (C=O) groups excluding carboxylic acids is 1. The third-order valence-electron chi connectivity index (χ3n) is 3.62. The number of unbranched alkanes of at least 4 members (excludes halogenated alkanes) is 7. The van der Waals surface area contributed by atoms with E-state index in [1.54, 1.807) is 0 Å². The first-order valence-electron chi connectivity index (χ1n) is 8.20. The molecule has 1 atom stereocenters. The van der Waals surface area contributed by atoms with Crippen molar-refractivity contribution in [3.63, 3.8) is 0 Å². The van der Waals surface area contributed by atoms with Crippen molar-refractivity contribution in [1.82, 2.24) is 5.32 Å². The van der Waals surface area contributed by atoms with Gasteiger partial charge in [0.15, 0.2) is 0 Å². The number of hydrogen-bond acceptors (Lipinski definition) is 2. The monoisotopic (exact) mass is 270 g/mol. The highest BCUT2D eigenvalue weighted by atomic mass is 16.1. The molecule has 0 aromatic carbocycles. The predicted molar refractivity (Wildman–Crippen MR) is 83.1 cm³/mol. The molecule has 0 aliphatic rings. The summed E-state index contributed by atoms with van der Waals surface area (Å²) < 4.78 is 0. The van der Waals surface area contributed by atoms with E-state index in [4.69, 9.17) is 5.73 Å². The highest BCUT2D eigenvalue weighted by Gasteiger charge is 2.10. The maximum atomic E-state index is 11.7. The quantitative estimate of drug-likeness (QED) is 0.502. The van der Waals surface area contributed by atoms with Crippen LogP contribution in [0.1, 0.15) is 78.1 Å². The Morgan fingerprint density at radius 3 is 2.16 bits per heavy atom. The van der Waals surface area contributed by atoms with Crippen LogP contribution in [0, 0.1) is 5.92 Å². The van der Waals surface area contributed by atoms with Crippen molar-refractivity contribution in [3.8, 4) is 0 Å². The Hall–Kier alpha value is -0.570. The van der Waals surface area contributed by atoms with Crippen LogP contribution in [0.2, 0.25) is 0 Å². The Morgan fingerprint density at radius 2 is 1.58 bits per heavy atom. The van der Waals surface area contributed by atoms with Crippen LogP contribution in [0.4, 0.5) is 0 Å². The van der Waals surface area contributed by atoms with Crippen LogP contribution >= 0.6 is 0 Å². The summed E-state index contributed by atoms with van der Waals surface area (Å²) in [5.41, 5.74) is 5.44. The van der Waals surface area contributed by atoms with E-state index < -0.39 is 0 Å². The fourth-order valence-electron chi connectivity index (χ4n) is 2.20. The summed E-state index contributed by atoms with van der Waals surface area (Å²) in [5.74, 6) is 0.300. The second-order valence-electron chi connectivity index (χ2n) is 5.60. The van der Waals surface area contributed by atoms with Crippen molar-refractivity contribution >= 4 is 5.91 Å². The standard InChI is InChI=1S/C16H34N2O/c1-3-4-5-6-7-8-9-10-14-18-16(19)15(2)12-11-13-17/h15H,3-14,17H2,1-2H3,(H,18,19). The molecule has 0 saturated carbocycles. The van der Waals surface area contributed by atoms with Gasteiger partial charge in [-0.25, -0.2) is 0 Å². The van der Waals surface area contributed by atoms with E-state index in [-0.39, 0.29) is 11.8 Å². The van der Waals surface area contributed by atoms with Gasteiger partial charge in [-0.2, -0.15) is 0 Å². The number of carbonyl (C=O) groups is 1. The largest absolute Gasteiger partial charge is 0.356 e. The van der Waals surface area contributed by atoms with E-state index in [2.05, 4.69) is 12.2 Å². The van der Waals surface area contributed by atoms with Gasteiger partial charge in [0.05, 0.1) is 0 Å². The van der Waals surface area contributed by atoms with Gasteiger partial charge in [0.25, 0.3) is 0 Å². The molecule has 3 nitrogen and oxygen atoms in total. The van der Waals surface area contributed by atoms with Crippen LogP contribution in [0.25, 0.3) is 0 Å². The van der Waals surface area contributed by atoms with Crippen LogP contribution < -0.4 is 11.1 Å². The van der Waals surface area contributed by atoms with Crippen LogP contribution in [-0.4, -0.2) is 19.0 Å². The lowest BCUT2D eigenvalue weighted by atomic mass is 10.0. The smallest absolute Gasteiger partial charge is 0.222 e. The molecule has 0 aliphatic heterocycles. The van der Waals surface area contributed by atoms with E-state index in [1.165, 1.54) is 44.9 Å². The van der Waals surface area contributed by atoms with Crippen LogP contribution in [0.3, 0.4) is 0 Å². The van der Waals surface area contributed by atoms with Gasteiger partial charge in [0, 0.05) is 12.5 Å². The summed E-state index contributed by atoms with van der Waals surface area (Å²) in [6, 6.07) is 0. The molecule has 0 saturated heterocycles. The molecule has 1 unspecified atom stereocenters. The minimum atomic E-state index is 0.109. The first kappa shape index (κ1) is 18.4. The molecule has 3 N–H and O–H groups in total. The molecule has 0 aliphatic carbocycles. The third kappa shape index (κ3) is 12.2. The van der Waals surface area contributed by atoms with Gasteiger partial charge in [0.1, 0.15) is 0 Å². The minimum Gasteiger partial charge on any atom is -0.356 e. The third-order valence-corrected chi connectivity index (χ3v) is 3.62. The van der Waals surface area contributed by atoms with Crippen molar-refractivity contribution in [3.05, 3.63) is 0 Å². The van der Waals surface area contributed by atoms with Gasteiger partial charge < -0.3 is 11.1 Å². The Kier molecular flexibility index (Phi) is 13.4. The molecule has 0 aromatic heterocycles. The molecular formula is C16H34N2O. The summed E-state index contributed by atoms with van der Waals surface area (Å²) in [6.45, 7) is 5.74. The molecule has 0 fully saturated rings. The first-order valence-corrected chi connectivity index (χ1v) is 8.20. The van der Waals surface area contributed by atoms with Gasteiger partial charge in [-0.3, -0.25) is 4.79 Å². The number of nitrogens with two attached hydrogens (primary N) is 1. The second-order valence-corrected chi connectivity index (χ2v) is 5.60. The second kappa shape index (κ2) is 13.9. The van der Waals surface area contributed by atoms with Gasteiger partial charge >= 0.3 is 0 Å². The first-order chi connectivity index (χ1) is 9.22. The van der Waals surface area contributed by atoms with Crippen molar-refractivity contribution in [1.29, 1.82) is 0 Å². The summed E-state index contributed by atoms with van der Waals surface area (Å²) in [5, 5.41) is 3.02. The van der Waals surface area contributed by atoms with Gasteiger partial charge in [-0.1, -0.05) is 58.8 Å². The van der Waals surface area contributed by atoms with E-state index in [0.717, 1.165) is 25.8 Å². The van der Waals surface area contributed by atoms with Crippen molar-refractivity contribution in [2.24, 2.45) is 11.7 Å². The Morgan fingerprint density at radius 1 is 1.00 bits per heavy atom. The summed E-state index contributed by atoms with van der Waals surface area (Å²) >= 11 is 0. The molecule has 1 amide bonds. The minimum absolute atomic E-state index is 0.109. The topological polar surface area (TPSA) is 55.1 Å². The lowest BCUT2D eigenvalue weighted by Crippen LogP contribution is -2.30. The molecule has 3 heteroatoms. The molecule has 0 radical (unpaired) electrons. The number of rotatable bonds is 13. The molecule has 0 bridgehead atoms. The zero-order valence-electron chi connectivity index (χ0n) is 13.0. The fraction of sp³-hybridized carbons (Fsp3) is 0.938. The summed E-state index contributed by atoms with van der Waals surface area (Å²) in [7, 11) is 0. The average molecular weight is 270 g/mol. The van der Waals surface area contributed by atoms with E-state index in [9.17, 15) is 4.79 Å². The van der Waals surface area contributed by atoms with Crippen LogP contribution in [-0.2, 0) is 4.79 Å². The molecule has 19 heavy (non-hydrogen) atoms. The summed E-state index contributed by atoms with van der Waals surface area (Å²) in [4.78, 5) is 11.7. The molecule has 0 heterocycles. The fourth-order valence-corrected chi connectivity index (χ4v) is 2.20. The lowest BCUT2D eigenvalue weighted by Gasteiger charge is -2.11. The molecule has 0 rings (SSSR count). The Bertz CT molecular complexity index is 207. The lowest BCUT2D eigenvalue weighted by molar-refractivity contribution is -0.124. The molecular weight excluding hydrogens is 236 g/mol. The van der Waals surface area contributed by atoms with Crippen LogP contribution in [0.5, 0.6) is 0 Å². The predicted octanol–water partition coefficient (Wildman–Crippen LogP) is 3.62. The number of amides is 1. The average Bonchev–Trinajstić information content (AvgIpc) is 2.42. The van der Waals surface area contributed by atoms with E-state index in [0.29, 0.717) is 6.54 Å². The van der Waals surface area contributed by atoms with Gasteiger partial charge in [0.2, 0.25) is 5.91 Å². The summed E-state index contributed by atoms with van der Waals surface area (Å²) in [6.07, 6.45) is 12.3. The van der Waals surface area contributed by atoms with Crippen molar-refractivity contribution in [2.75, 3.05) is 13.1 Å². The zero-order valence-corrected chi connectivity index (χ0v) is 13.0. The molecule has 0 spiro atoms. The van der Waals surface area contributed by atoms with Crippen molar-refractivity contribution < 1.29 is 4.79 Å². The van der Waals surface area contributed by atoms with Gasteiger partial charge in [-0.05, 0) is 25.8 Å². The molecule has 0 aromatic rings. The molecule has 114 valence electrons. The number of nitrogens with one attached hydrogen (secondary N) is 1. The Labute approximate surface area is 119 Å². The zero-order chi connectivity index (χ0) is 14.3.